The molecule has 26 heavy (non-hydrogen) atoms. The van der Waals surface area contributed by atoms with Crippen molar-refractivity contribution in [1.29, 1.82) is 0 Å². The minimum atomic E-state index is 0.151. The van der Waals surface area contributed by atoms with Gasteiger partial charge in [0.25, 0.3) is 0 Å². The highest BCUT2D eigenvalue weighted by Gasteiger charge is 2.24. The van der Waals surface area contributed by atoms with Gasteiger partial charge >= 0.3 is 0 Å². The van der Waals surface area contributed by atoms with Crippen molar-refractivity contribution in [2.24, 2.45) is 5.92 Å². The van der Waals surface area contributed by atoms with Gasteiger partial charge in [-0.1, -0.05) is 41.9 Å². The highest BCUT2D eigenvalue weighted by Crippen LogP contribution is 2.20. The van der Waals surface area contributed by atoms with E-state index in [0.29, 0.717) is 0 Å². The molecule has 1 heterocycles. The second-order valence-corrected chi connectivity index (χ2v) is 8.23. The highest BCUT2D eigenvalue weighted by molar-refractivity contribution is 7.99. The van der Waals surface area contributed by atoms with Crippen molar-refractivity contribution in [3.63, 3.8) is 0 Å². The van der Waals surface area contributed by atoms with Crippen molar-refractivity contribution in [2.45, 2.75) is 24.3 Å². The molecule has 3 nitrogen and oxygen atoms in total. The van der Waals surface area contributed by atoms with Crippen LogP contribution in [0.25, 0.3) is 0 Å². The summed E-state index contributed by atoms with van der Waals surface area (Å²) in [5, 5.41) is 3.87. The van der Waals surface area contributed by atoms with Crippen LogP contribution < -0.4 is 5.32 Å². The van der Waals surface area contributed by atoms with E-state index in [0.717, 1.165) is 49.8 Å². The average Bonchev–Trinajstić information content (AvgIpc) is 2.68. The fraction of sp³-hybridized carbons (Fsp3) is 0.381. The van der Waals surface area contributed by atoms with Crippen LogP contribution in [0, 0.1) is 5.92 Å². The number of amides is 1. The lowest BCUT2D eigenvalue weighted by Gasteiger charge is -2.31. The minimum Gasteiger partial charge on any atom is -0.355 e. The molecule has 0 bridgehead atoms. The molecule has 3 rings (SSSR count). The van der Waals surface area contributed by atoms with E-state index >= 15 is 0 Å². The number of hydrogen-bond acceptors (Lipinski definition) is 3. The number of nitrogens with one attached hydrogen (secondary N) is 1. The van der Waals surface area contributed by atoms with Crippen LogP contribution in [0.15, 0.2) is 59.5 Å². The van der Waals surface area contributed by atoms with Crippen LogP contribution in [0.1, 0.15) is 18.4 Å². The first-order valence-electron chi connectivity index (χ1n) is 9.13. The number of hydrogen-bond donors (Lipinski definition) is 1. The molecule has 2 aromatic carbocycles. The summed E-state index contributed by atoms with van der Waals surface area (Å²) in [6.07, 6.45) is 1.87. The Kier molecular flexibility index (Phi) is 7.42. The third-order valence-corrected chi connectivity index (χ3v) is 5.96. The molecule has 0 aliphatic carbocycles. The third-order valence-electron chi connectivity index (χ3n) is 4.69. The quantitative estimate of drug-likeness (QED) is 0.561. The Labute approximate surface area is 165 Å². The van der Waals surface area contributed by atoms with Crippen molar-refractivity contribution in [1.82, 2.24) is 10.2 Å². The number of halogens is 1. The molecule has 5 heteroatoms. The zero-order valence-electron chi connectivity index (χ0n) is 14.9. The van der Waals surface area contributed by atoms with Crippen LogP contribution in [-0.2, 0) is 11.3 Å². The van der Waals surface area contributed by atoms with Crippen LogP contribution >= 0.6 is 23.4 Å². The first-order valence-corrected chi connectivity index (χ1v) is 10.5. The summed E-state index contributed by atoms with van der Waals surface area (Å²) >= 11 is 7.72. The minimum absolute atomic E-state index is 0.151. The van der Waals surface area contributed by atoms with Crippen molar-refractivity contribution in [3.05, 3.63) is 65.2 Å². The summed E-state index contributed by atoms with van der Waals surface area (Å²) in [7, 11) is 0. The topological polar surface area (TPSA) is 32.3 Å². The second kappa shape index (κ2) is 10.0. The standard InChI is InChI=1S/C21H25ClN2OS/c22-19-8-6-17(7-9-19)16-24-13-10-18(11-14-24)21(25)23-12-15-26-20-4-2-1-3-5-20/h1-9,18H,10-16H2,(H,23,25). The van der Waals surface area contributed by atoms with E-state index in [4.69, 9.17) is 11.6 Å². The summed E-state index contributed by atoms with van der Waals surface area (Å²) in [5.41, 5.74) is 1.27. The number of rotatable bonds is 7. The number of carbonyl (C=O) groups is 1. The molecule has 0 spiro atoms. The molecule has 0 atom stereocenters. The number of likely N-dealkylation sites (tertiary alicyclic amines) is 1. The zero-order chi connectivity index (χ0) is 18.2. The predicted molar refractivity (Wildman–Crippen MR) is 110 cm³/mol. The lowest BCUT2D eigenvalue weighted by Crippen LogP contribution is -2.40. The van der Waals surface area contributed by atoms with Crippen molar-refractivity contribution >= 4 is 29.3 Å². The molecule has 1 N–H and O–H groups in total. The van der Waals surface area contributed by atoms with Gasteiger partial charge in [0.1, 0.15) is 0 Å². The van der Waals surface area contributed by atoms with Gasteiger partial charge in [-0.15, -0.1) is 11.8 Å². The van der Waals surface area contributed by atoms with Crippen LogP contribution in [0.2, 0.25) is 5.02 Å². The normalized spacial score (nSPS) is 15.7. The molecule has 1 saturated heterocycles. The maximum Gasteiger partial charge on any atom is 0.223 e. The van der Waals surface area contributed by atoms with E-state index in [-0.39, 0.29) is 11.8 Å². The maximum atomic E-state index is 12.4. The van der Waals surface area contributed by atoms with E-state index in [1.165, 1.54) is 10.5 Å². The fourth-order valence-corrected chi connectivity index (χ4v) is 4.12. The first-order chi connectivity index (χ1) is 12.7. The monoisotopic (exact) mass is 388 g/mol. The lowest BCUT2D eigenvalue weighted by molar-refractivity contribution is -0.126. The van der Waals surface area contributed by atoms with Gasteiger partial charge in [0.2, 0.25) is 5.91 Å². The summed E-state index contributed by atoms with van der Waals surface area (Å²) in [4.78, 5) is 16.0. The van der Waals surface area contributed by atoms with E-state index < -0.39 is 0 Å². The molecule has 0 saturated carbocycles. The Balaban J connectivity index is 1.33. The van der Waals surface area contributed by atoms with Crippen LogP contribution in [-0.4, -0.2) is 36.2 Å². The maximum absolute atomic E-state index is 12.4. The number of carbonyl (C=O) groups excluding carboxylic acids is 1. The highest BCUT2D eigenvalue weighted by atomic mass is 35.5. The fourth-order valence-electron chi connectivity index (χ4n) is 3.21. The summed E-state index contributed by atoms with van der Waals surface area (Å²) in [6, 6.07) is 18.3. The smallest absolute Gasteiger partial charge is 0.223 e. The summed E-state index contributed by atoms with van der Waals surface area (Å²) in [6.45, 7) is 3.60. The van der Waals surface area contributed by atoms with Crippen LogP contribution in [0.4, 0.5) is 0 Å². The molecular weight excluding hydrogens is 364 g/mol. The molecule has 0 unspecified atom stereocenters. The second-order valence-electron chi connectivity index (χ2n) is 6.63. The number of benzene rings is 2. The van der Waals surface area contributed by atoms with Crippen LogP contribution in [0.5, 0.6) is 0 Å². The van der Waals surface area contributed by atoms with Crippen molar-refractivity contribution < 1.29 is 4.79 Å². The molecule has 1 aliphatic rings. The molecule has 1 aliphatic heterocycles. The molecule has 1 amide bonds. The largest absolute Gasteiger partial charge is 0.355 e. The number of nitrogens with zero attached hydrogens (tertiary/aromatic N) is 1. The van der Waals surface area contributed by atoms with Gasteiger partial charge in [-0.25, -0.2) is 0 Å². The van der Waals surface area contributed by atoms with E-state index in [2.05, 4.69) is 34.5 Å². The Morgan fingerprint density at radius 1 is 1.08 bits per heavy atom. The average molecular weight is 389 g/mol. The van der Waals surface area contributed by atoms with E-state index in [1.54, 1.807) is 11.8 Å². The first kappa shape index (κ1) is 19.3. The number of piperidine rings is 1. The van der Waals surface area contributed by atoms with Crippen molar-refractivity contribution in [2.75, 3.05) is 25.4 Å². The van der Waals surface area contributed by atoms with Gasteiger partial charge in [-0.05, 0) is 55.8 Å². The number of thioether (sulfide) groups is 1. The third kappa shape index (κ3) is 6.04. The Hall–Kier alpha value is -1.49. The van der Waals surface area contributed by atoms with Crippen molar-refractivity contribution in [3.8, 4) is 0 Å². The predicted octanol–water partition coefficient (Wildman–Crippen LogP) is 4.46. The molecule has 138 valence electrons. The summed E-state index contributed by atoms with van der Waals surface area (Å²) < 4.78 is 0. The Morgan fingerprint density at radius 3 is 2.46 bits per heavy atom. The van der Waals surface area contributed by atoms with E-state index in [9.17, 15) is 4.79 Å². The van der Waals surface area contributed by atoms with Gasteiger partial charge in [-0.2, -0.15) is 0 Å². The van der Waals surface area contributed by atoms with Gasteiger partial charge in [0.05, 0.1) is 0 Å². The Morgan fingerprint density at radius 2 is 1.77 bits per heavy atom. The molecule has 1 fully saturated rings. The van der Waals surface area contributed by atoms with E-state index in [1.807, 2.05) is 30.3 Å². The van der Waals surface area contributed by atoms with Crippen LogP contribution in [0.3, 0.4) is 0 Å². The molecule has 2 aromatic rings. The van der Waals surface area contributed by atoms with Gasteiger partial charge in [0, 0.05) is 34.7 Å². The van der Waals surface area contributed by atoms with Gasteiger partial charge < -0.3 is 5.32 Å². The molecule has 0 aromatic heterocycles. The SMILES string of the molecule is O=C(NCCSc1ccccc1)C1CCN(Cc2ccc(Cl)cc2)CC1. The Bertz CT molecular complexity index is 685. The summed E-state index contributed by atoms with van der Waals surface area (Å²) in [5.74, 6) is 1.27. The molecule has 0 radical (unpaired) electrons. The lowest BCUT2D eigenvalue weighted by atomic mass is 9.95. The zero-order valence-corrected chi connectivity index (χ0v) is 16.4. The van der Waals surface area contributed by atoms with Gasteiger partial charge in [-0.3, -0.25) is 9.69 Å². The van der Waals surface area contributed by atoms with Gasteiger partial charge in [0.15, 0.2) is 0 Å². The molecular formula is C21H25ClN2OS.